The lowest BCUT2D eigenvalue weighted by Gasteiger charge is -2.19. The maximum atomic E-state index is 10.2. The Kier molecular flexibility index (Phi) is 5.64. The molecule has 0 aliphatic heterocycles. The molecule has 49 heavy (non-hydrogen) atoms. The number of nitrogens with zero attached hydrogens (tertiary/aromatic N) is 4. The van der Waals surface area contributed by atoms with Gasteiger partial charge in [0.25, 0.3) is 0 Å². The number of hydrogen-bond acceptors (Lipinski definition) is 2. The molecule has 0 saturated carbocycles. The molecule has 10 rings (SSSR count). The molecule has 5 nitrogen and oxygen atoms in total. The highest BCUT2D eigenvalue weighted by Gasteiger charge is 2.22. The van der Waals surface area contributed by atoms with Gasteiger partial charge in [0.05, 0.1) is 46.0 Å². The average molecular weight is 625 g/mol. The Morgan fingerprint density at radius 1 is 0.490 bits per heavy atom. The number of nitriles is 1. The molecule has 3 heterocycles. The zero-order valence-corrected chi connectivity index (χ0v) is 26.1. The van der Waals surface area contributed by atoms with Crippen LogP contribution in [0.3, 0.4) is 0 Å². The summed E-state index contributed by atoms with van der Waals surface area (Å²) >= 11 is 0. The predicted molar refractivity (Wildman–Crippen MR) is 199 cm³/mol. The van der Waals surface area contributed by atoms with E-state index in [4.69, 9.17) is 11.0 Å². The van der Waals surface area contributed by atoms with Gasteiger partial charge in [0.15, 0.2) is 5.69 Å². The molecule has 226 valence electrons. The van der Waals surface area contributed by atoms with Crippen LogP contribution in [-0.2, 0) is 0 Å². The van der Waals surface area contributed by atoms with Crippen molar-refractivity contribution in [2.75, 3.05) is 0 Å². The first-order valence-corrected chi connectivity index (χ1v) is 16.1. The van der Waals surface area contributed by atoms with Crippen LogP contribution >= 0.6 is 0 Å². The van der Waals surface area contributed by atoms with Gasteiger partial charge in [0.1, 0.15) is 11.2 Å². The van der Waals surface area contributed by atoms with Gasteiger partial charge in [-0.3, -0.25) is 0 Å². The van der Waals surface area contributed by atoms with Gasteiger partial charge in [0, 0.05) is 49.1 Å². The molecular formula is C44H24N4O. The van der Waals surface area contributed by atoms with E-state index in [0.29, 0.717) is 11.3 Å². The first-order chi connectivity index (χ1) is 24.2. The summed E-state index contributed by atoms with van der Waals surface area (Å²) in [6.07, 6.45) is 0. The summed E-state index contributed by atoms with van der Waals surface area (Å²) < 4.78 is 10.9. The van der Waals surface area contributed by atoms with Crippen LogP contribution in [0, 0.1) is 17.9 Å². The number of para-hydroxylation sites is 4. The summed E-state index contributed by atoms with van der Waals surface area (Å²) in [6.45, 7) is 7.93. The fraction of sp³-hybridized carbons (Fsp3) is 0. The zero-order valence-electron chi connectivity index (χ0n) is 26.1. The van der Waals surface area contributed by atoms with Crippen molar-refractivity contribution in [2.45, 2.75) is 0 Å². The van der Waals surface area contributed by atoms with E-state index in [1.165, 1.54) is 0 Å². The molecule has 0 aliphatic carbocycles. The van der Waals surface area contributed by atoms with E-state index in [1.54, 1.807) is 0 Å². The highest BCUT2D eigenvalue weighted by Crippen LogP contribution is 2.43. The Morgan fingerprint density at radius 3 is 1.69 bits per heavy atom. The molecule has 0 saturated heterocycles. The second kappa shape index (κ2) is 10.2. The van der Waals surface area contributed by atoms with Crippen LogP contribution in [0.5, 0.6) is 0 Å². The molecule has 7 aromatic carbocycles. The molecule has 0 radical (unpaired) electrons. The number of hydrogen-bond donors (Lipinski definition) is 0. The van der Waals surface area contributed by atoms with E-state index < -0.39 is 0 Å². The zero-order chi connectivity index (χ0) is 32.6. The fourth-order valence-corrected chi connectivity index (χ4v) is 7.64. The van der Waals surface area contributed by atoms with Crippen molar-refractivity contribution < 1.29 is 4.42 Å². The third kappa shape index (κ3) is 3.85. The normalized spacial score (nSPS) is 11.6. The average Bonchev–Trinajstić information content (AvgIpc) is 3.80. The third-order valence-electron chi connectivity index (χ3n) is 9.76. The molecule has 0 amide bonds. The summed E-state index contributed by atoms with van der Waals surface area (Å²) in [5.41, 5.74) is 10.7. The minimum absolute atomic E-state index is 0.557. The van der Waals surface area contributed by atoms with Crippen molar-refractivity contribution in [1.29, 1.82) is 5.26 Å². The highest BCUT2D eigenvalue weighted by atomic mass is 16.3. The molecule has 0 bridgehead atoms. The standard InChI is InChI=1S/C44H24N4O/c1-46-28-19-21-33(41(23-28)47-37-14-6-2-10-29(37)30-11-3-7-15-38(30)47)32-20-18-27(26-45)22-40(32)48-39-16-8-4-12-31(39)35-25-44-36(24-42(35)48)34-13-5-9-17-43(34)49-44/h2-25H. The lowest BCUT2D eigenvalue weighted by atomic mass is 9.98. The van der Waals surface area contributed by atoms with Crippen LogP contribution in [0.15, 0.2) is 150 Å². The SMILES string of the molecule is [C-]#[N+]c1ccc(-c2ccc(C#N)cc2-n2c3ccccc3c3cc4oc5ccccc5c4cc32)c(-n2c3ccccc3c3ccccc32)c1. The van der Waals surface area contributed by atoms with Crippen LogP contribution in [0.2, 0.25) is 0 Å². The Labute approximate surface area is 280 Å². The van der Waals surface area contributed by atoms with Gasteiger partial charge in [-0.25, -0.2) is 4.85 Å². The molecule has 5 heteroatoms. The Bertz CT molecular complexity index is 3030. The number of fused-ring (bicyclic) bond motifs is 9. The first kappa shape index (κ1) is 27.1. The number of aromatic nitrogens is 2. The molecule has 0 fully saturated rings. The minimum atomic E-state index is 0.557. The topological polar surface area (TPSA) is 51.1 Å². The van der Waals surface area contributed by atoms with Gasteiger partial charge < -0.3 is 13.6 Å². The fourth-order valence-electron chi connectivity index (χ4n) is 7.64. The van der Waals surface area contributed by atoms with Crippen LogP contribution in [0.4, 0.5) is 5.69 Å². The maximum Gasteiger partial charge on any atom is 0.189 e. The van der Waals surface area contributed by atoms with Crippen LogP contribution in [-0.4, -0.2) is 9.13 Å². The van der Waals surface area contributed by atoms with E-state index in [-0.39, 0.29) is 0 Å². The van der Waals surface area contributed by atoms with Crippen LogP contribution < -0.4 is 0 Å². The summed E-state index contributed by atoms with van der Waals surface area (Å²) in [7, 11) is 0. The summed E-state index contributed by atoms with van der Waals surface area (Å²) in [5, 5.41) is 16.7. The number of benzene rings is 7. The monoisotopic (exact) mass is 624 g/mol. The summed E-state index contributed by atoms with van der Waals surface area (Å²) in [4.78, 5) is 3.85. The van der Waals surface area contributed by atoms with Gasteiger partial charge >= 0.3 is 0 Å². The van der Waals surface area contributed by atoms with E-state index in [1.807, 2.05) is 54.6 Å². The highest BCUT2D eigenvalue weighted by molar-refractivity contribution is 6.17. The third-order valence-corrected chi connectivity index (χ3v) is 9.76. The quantitative estimate of drug-likeness (QED) is 0.184. The summed E-state index contributed by atoms with van der Waals surface area (Å²) in [6, 6.07) is 51.9. The molecule has 0 spiro atoms. The Hall–Kier alpha value is -7.08. The second-order valence-electron chi connectivity index (χ2n) is 12.3. The van der Waals surface area contributed by atoms with E-state index in [9.17, 15) is 5.26 Å². The summed E-state index contributed by atoms with van der Waals surface area (Å²) in [5.74, 6) is 0. The van der Waals surface area contributed by atoms with Crippen molar-refractivity contribution in [1.82, 2.24) is 9.13 Å². The first-order valence-electron chi connectivity index (χ1n) is 16.1. The smallest absolute Gasteiger partial charge is 0.189 e. The lowest BCUT2D eigenvalue weighted by molar-refractivity contribution is 0.669. The van der Waals surface area contributed by atoms with Gasteiger partial charge in [-0.15, -0.1) is 0 Å². The number of furan rings is 1. The van der Waals surface area contributed by atoms with E-state index >= 15 is 0 Å². The van der Waals surface area contributed by atoms with Crippen molar-refractivity contribution in [3.8, 4) is 28.6 Å². The Morgan fingerprint density at radius 2 is 1.04 bits per heavy atom. The molecule has 0 atom stereocenters. The molecule has 0 aliphatic rings. The van der Waals surface area contributed by atoms with Crippen LogP contribution in [0.1, 0.15) is 5.56 Å². The van der Waals surface area contributed by atoms with Crippen molar-refractivity contribution >= 4 is 71.2 Å². The van der Waals surface area contributed by atoms with Gasteiger partial charge in [-0.2, -0.15) is 5.26 Å². The number of rotatable bonds is 3. The van der Waals surface area contributed by atoms with Gasteiger partial charge in [-0.1, -0.05) is 91.0 Å². The molecular weight excluding hydrogens is 601 g/mol. The predicted octanol–water partition coefficient (Wildman–Crippen LogP) is 11.9. The molecule has 10 aromatic rings. The maximum absolute atomic E-state index is 10.2. The van der Waals surface area contributed by atoms with Crippen molar-refractivity contribution in [2.24, 2.45) is 0 Å². The molecule has 0 unspecified atom stereocenters. The van der Waals surface area contributed by atoms with Crippen LogP contribution in [0.25, 0.3) is 92.9 Å². The largest absolute Gasteiger partial charge is 0.456 e. The van der Waals surface area contributed by atoms with E-state index in [2.05, 4.69) is 111 Å². The van der Waals surface area contributed by atoms with Crippen molar-refractivity contribution in [3.63, 3.8) is 0 Å². The molecule has 0 N–H and O–H groups in total. The van der Waals surface area contributed by atoms with E-state index in [0.717, 1.165) is 88.1 Å². The molecule has 3 aromatic heterocycles. The minimum Gasteiger partial charge on any atom is -0.456 e. The second-order valence-corrected chi connectivity index (χ2v) is 12.3. The lowest BCUT2D eigenvalue weighted by Crippen LogP contribution is -2.02. The Balaban J connectivity index is 1.34. The van der Waals surface area contributed by atoms with Crippen molar-refractivity contribution in [3.05, 3.63) is 163 Å². The van der Waals surface area contributed by atoms with Gasteiger partial charge in [0.2, 0.25) is 0 Å². The van der Waals surface area contributed by atoms with Gasteiger partial charge in [-0.05, 0) is 54.6 Å².